The molecule has 0 aromatic carbocycles. The van der Waals surface area contributed by atoms with E-state index in [1.165, 1.54) is 19.4 Å². The van der Waals surface area contributed by atoms with Crippen LogP contribution in [0.2, 0.25) is 18.6 Å². The fourth-order valence-electron chi connectivity index (χ4n) is 8.38. The Morgan fingerprint density at radius 2 is 1.52 bits per heavy atom. The smallest absolute Gasteiger partial charge is 0.126 e. The second-order valence-electron chi connectivity index (χ2n) is 11.3. The molecule has 0 spiro atoms. The van der Waals surface area contributed by atoms with Crippen LogP contribution in [-0.2, 0) is 0 Å². The predicted molar refractivity (Wildman–Crippen MR) is 113 cm³/mol. The Morgan fingerprint density at radius 3 is 2.12 bits per heavy atom. The highest BCUT2D eigenvalue weighted by Gasteiger charge is 2.59. The highest BCUT2D eigenvalue weighted by Crippen LogP contribution is 2.63. The van der Waals surface area contributed by atoms with Crippen LogP contribution in [0.1, 0.15) is 80.1 Å². The summed E-state index contributed by atoms with van der Waals surface area (Å²) in [6, 6.07) is 0. The monoisotopic (exact) mass is 363 g/mol. The molecule has 0 aliphatic heterocycles. The maximum atomic E-state index is 2.95. The number of nitrogens with zero attached hydrogens (tertiary/aromatic N) is 1. The van der Waals surface area contributed by atoms with Crippen molar-refractivity contribution < 1.29 is 0 Å². The molecule has 1 nitrogen and oxygen atoms in total. The molecule has 0 saturated heterocycles. The molecule has 7 unspecified atom stereocenters. The van der Waals surface area contributed by atoms with Gasteiger partial charge in [0.1, 0.15) is 8.24 Å². The van der Waals surface area contributed by atoms with E-state index in [0.29, 0.717) is 5.54 Å². The van der Waals surface area contributed by atoms with Gasteiger partial charge in [0, 0.05) is 5.54 Å². The van der Waals surface area contributed by atoms with Crippen molar-refractivity contribution in [1.29, 1.82) is 0 Å². The molecule has 0 aromatic heterocycles. The lowest BCUT2D eigenvalue weighted by Gasteiger charge is -2.53. The van der Waals surface area contributed by atoms with Gasteiger partial charge in [0.25, 0.3) is 0 Å². The Labute approximate surface area is 159 Å². The van der Waals surface area contributed by atoms with Gasteiger partial charge in [-0.3, -0.25) is 0 Å². The van der Waals surface area contributed by atoms with Gasteiger partial charge in [0.15, 0.2) is 0 Å². The molecule has 0 N–H and O–H groups in total. The molecule has 3 fully saturated rings. The van der Waals surface area contributed by atoms with Gasteiger partial charge in [-0.15, -0.1) is 0 Å². The molecule has 3 aliphatic rings. The van der Waals surface area contributed by atoms with E-state index < -0.39 is 8.24 Å². The van der Waals surface area contributed by atoms with E-state index in [9.17, 15) is 0 Å². The molecule has 3 saturated carbocycles. The lowest BCUT2D eigenvalue weighted by atomic mass is 9.61. The Balaban J connectivity index is 1.92. The summed E-state index contributed by atoms with van der Waals surface area (Å²) >= 11 is 0. The quantitative estimate of drug-likeness (QED) is 0.498. The maximum absolute atomic E-state index is 2.95. The van der Waals surface area contributed by atoms with Gasteiger partial charge in [0.2, 0.25) is 0 Å². The zero-order valence-electron chi connectivity index (χ0n) is 18.4. The molecule has 2 heteroatoms. The number of hydrogen-bond donors (Lipinski definition) is 0. The van der Waals surface area contributed by atoms with E-state index in [4.69, 9.17) is 0 Å². The van der Waals surface area contributed by atoms with Crippen LogP contribution < -0.4 is 0 Å². The maximum Gasteiger partial charge on any atom is 0.126 e. The highest BCUT2D eigenvalue weighted by molar-refractivity contribution is 6.76. The number of fused-ring (bicyclic) bond motifs is 3. The van der Waals surface area contributed by atoms with Gasteiger partial charge >= 0.3 is 0 Å². The van der Waals surface area contributed by atoms with Crippen molar-refractivity contribution in [1.82, 2.24) is 4.57 Å². The fraction of sp³-hybridized carbons (Fsp3) is 1.00. The zero-order valence-corrected chi connectivity index (χ0v) is 19.4. The van der Waals surface area contributed by atoms with Gasteiger partial charge in [0.05, 0.1) is 0 Å². The van der Waals surface area contributed by atoms with Gasteiger partial charge in [-0.25, -0.2) is 0 Å². The summed E-state index contributed by atoms with van der Waals surface area (Å²) in [5.74, 6) is 6.11. The minimum absolute atomic E-state index is 0.313. The van der Waals surface area contributed by atoms with E-state index in [1.807, 2.05) is 0 Å². The molecule has 0 radical (unpaired) electrons. The Morgan fingerprint density at radius 1 is 0.880 bits per heavy atom. The van der Waals surface area contributed by atoms with Crippen LogP contribution in [-0.4, -0.2) is 24.9 Å². The molecule has 3 aliphatic carbocycles. The molecule has 3 rings (SSSR count). The highest BCUT2D eigenvalue weighted by atomic mass is 28.3. The SMILES string of the molecule is CCN(C(C)(C)C)[Si](C)(C)C1C(C)C(C)C2C3CCCCC3CCC21. The predicted octanol–water partition coefficient (Wildman–Crippen LogP) is 6.80. The average molecular weight is 364 g/mol. The molecular formula is C23H45NSi. The molecule has 0 aromatic rings. The second-order valence-corrected chi connectivity index (χ2v) is 15.9. The van der Waals surface area contributed by atoms with Crippen molar-refractivity contribution in [2.75, 3.05) is 6.54 Å². The van der Waals surface area contributed by atoms with Gasteiger partial charge in [-0.2, -0.15) is 0 Å². The first-order valence-electron chi connectivity index (χ1n) is 11.4. The minimum atomic E-state index is -1.47. The summed E-state index contributed by atoms with van der Waals surface area (Å²) in [7, 11) is -1.47. The largest absolute Gasteiger partial charge is 0.319 e. The van der Waals surface area contributed by atoms with Crippen LogP contribution in [0.5, 0.6) is 0 Å². The molecule has 0 bridgehead atoms. The van der Waals surface area contributed by atoms with E-state index >= 15 is 0 Å². The number of hydrogen-bond acceptors (Lipinski definition) is 1. The summed E-state index contributed by atoms with van der Waals surface area (Å²) in [6.07, 6.45) is 9.22. The normalized spacial score (nSPS) is 42.4. The van der Waals surface area contributed by atoms with Crippen LogP contribution in [0.4, 0.5) is 0 Å². The number of rotatable bonds is 3. The summed E-state index contributed by atoms with van der Waals surface area (Å²) in [4.78, 5) is 0. The van der Waals surface area contributed by atoms with Crippen molar-refractivity contribution in [2.45, 2.75) is 104 Å². The van der Waals surface area contributed by atoms with Crippen LogP contribution >= 0.6 is 0 Å². The van der Waals surface area contributed by atoms with Gasteiger partial charge < -0.3 is 4.57 Å². The topological polar surface area (TPSA) is 3.24 Å². The van der Waals surface area contributed by atoms with Crippen molar-refractivity contribution in [3.05, 3.63) is 0 Å². The Bertz CT molecular complexity index is 465. The first-order valence-corrected chi connectivity index (χ1v) is 14.4. The van der Waals surface area contributed by atoms with Gasteiger partial charge in [-0.05, 0) is 87.6 Å². The Kier molecular flexibility index (Phi) is 5.55. The van der Waals surface area contributed by atoms with Crippen molar-refractivity contribution in [3.8, 4) is 0 Å². The fourth-order valence-corrected chi connectivity index (χ4v) is 14.3. The third-order valence-corrected chi connectivity index (χ3v) is 13.9. The summed E-state index contributed by atoms with van der Waals surface area (Å²) in [5.41, 5.74) is 1.31. The van der Waals surface area contributed by atoms with E-state index in [2.05, 4.69) is 59.2 Å². The van der Waals surface area contributed by atoms with Crippen LogP contribution in [0.25, 0.3) is 0 Å². The third-order valence-electron chi connectivity index (χ3n) is 8.93. The zero-order chi connectivity index (χ0) is 18.6. The molecule has 0 amide bonds. The molecule has 146 valence electrons. The van der Waals surface area contributed by atoms with E-state index in [0.717, 1.165) is 41.0 Å². The lowest BCUT2D eigenvalue weighted by molar-refractivity contribution is 0.0495. The first kappa shape index (κ1) is 19.9. The van der Waals surface area contributed by atoms with Crippen LogP contribution in [0.15, 0.2) is 0 Å². The Hall–Kier alpha value is 0.177. The molecule has 0 heterocycles. The summed E-state index contributed by atoms with van der Waals surface area (Å²) in [6.45, 7) is 21.7. The van der Waals surface area contributed by atoms with Crippen molar-refractivity contribution >= 4 is 8.24 Å². The van der Waals surface area contributed by atoms with Crippen molar-refractivity contribution in [2.24, 2.45) is 35.5 Å². The van der Waals surface area contributed by atoms with Crippen molar-refractivity contribution in [3.63, 3.8) is 0 Å². The van der Waals surface area contributed by atoms with E-state index in [-0.39, 0.29) is 0 Å². The first-order chi connectivity index (χ1) is 11.6. The minimum Gasteiger partial charge on any atom is -0.319 e. The average Bonchev–Trinajstić information content (AvgIpc) is 2.78. The molecule has 25 heavy (non-hydrogen) atoms. The second kappa shape index (κ2) is 6.97. The van der Waals surface area contributed by atoms with Gasteiger partial charge in [-0.1, -0.05) is 53.1 Å². The summed E-state index contributed by atoms with van der Waals surface area (Å²) in [5, 5.41) is 0. The molecule has 7 atom stereocenters. The summed E-state index contributed by atoms with van der Waals surface area (Å²) < 4.78 is 2.95. The lowest BCUT2D eigenvalue weighted by Crippen LogP contribution is -2.61. The standard InChI is InChI=1S/C23H45NSi/c1-9-24(23(4,5)6)25(7,8)22-17(3)16(2)21-19-13-11-10-12-18(19)14-15-20(21)22/h16-22H,9-15H2,1-8H3. The third kappa shape index (κ3) is 3.28. The van der Waals surface area contributed by atoms with E-state index in [1.54, 1.807) is 25.7 Å². The van der Waals surface area contributed by atoms with Crippen LogP contribution in [0, 0.1) is 35.5 Å². The molecular weight excluding hydrogens is 318 g/mol. The van der Waals surface area contributed by atoms with Crippen LogP contribution in [0.3, 0.4) is 0 Å².